The summed E-state index contributed by atoms with van der Waals surface area (Å²) >= 11 is 0. The third-order valence-corrected chi connectivity index (χ3v) is 4.61. The summed E-state index contributed by atoms with van der Waals surface area (Å²) in [6.45, 7) is 0. The van der Waals surface area contributed by atoms with Crippen molar-refractivity contribution in [2.75, 3.05) is 0 Å². The van der Waals surface area contributed by atoms with Crippen LogP contribution in [0, 0.1) is 0 Å². The van der Waals surface area contributed by atoms with E-state index < -0.39 is 0 Å². The summed E-state index contributed by atoms with van der Waals surface area (Å²) in [6, 6.07) is 18.0. The molecule has 1 amide bonds. The van der Waals surface area contributed by atoms with Crippen LogP contribution >= 0.6 is 0 Å². The predicted molar refractivity (Wildman–Crippen MR) is 95.8 cm³/mol. The van der Waals surface area contributed by atoms with Gasteiger partial charge in [0.2, 0.25) is 5.91 Å². The normalized spacial score (nSPS) is 14.5. The molecule has 124 valence electrons. The van der Waals surface area contributed by atoms with Gasteiger partial charge in [0, 0.05) is 24.4 Å². The van der Waals surface area contributed by atoms with Gasteiger partial charge in [0.1, 0.15) is 0 Å². The second kappa shape index (κ2) is 7.91. The molecule has 0 aromatic heterocycles. The van der Waals surface area contributed by atoms with E-state index in [9.17, 15) is 9.59 Å². The molecule has 0 heterocycles. The van der Waals surface area contributed by atoms with E-state index in [4.69, 9.17) is 0 Å². The molecule has 0 atom stereocenters. The maximum Gasteiger partial charge on any atom is 0.220 e. The molecule has 3 rings (SSSR count). The van der Waals surface area contributed by atoms with Crippen molar-refractivity contribution in [2.45, 2.75) is 44.6 Å². The summed E-state index contributed by atoms with van der Waals surface area (Å²) in [5, 5.41) is 3.03. The number of amides is 1. The summed E-state index contributed by atoms with van der Waals surface area (Å²) in [6.07, 6.45) is 5.07. The number of nitrogens with one attached hydrogen (secondary N) is 1. The van der Waals surface area contributed by atoms with Gasteiger partial charge in [0.25, 0.3) is 0 Å². The molecular formula is C21H23NO2. The molecule has 3 heteroatoms. The number of rotatable bonds is 6. The molecule has 0 aliphatic heterocycles. The Morgan fingerprint density at radius 1 is 0.833 bits per heavy atom. The molecule has 1 saturated carbocycles. The van der Waals surface area contributed by atoms with Gasteiger partial charge in [0.15, 0.2) is 5.78 Å². The summed E-state index contributed by atoms with van der Waals surface area (Å²) in [5.74, 6) is 0.0207. The van der Waals surface area contributed by atoms with Crippen LogP contribution in [0.4, 0.5) is 0 Å². The minimum absolute atomic E-state index is 0.00356. The zero-order chi connectivity index (χ0) is 16.8. The Morgan fingerprint density at radius 3 is 2.12 bits per heavy atom. The van der Waals surface area contributed by atoms with E-state index in [0.29, 0.717) is 11.6 Å². The lowest BCUT2D eigenvalue weighted by Gasteiger charge is -2.11. The molecule has 1 N–H and O–H groups in total. The van der Waals surface area contributed by atoms with Gasteiger partial charge in [-0.2, -0.15) is 0 Å². The van der Waals surface area contributed by atoms with Crippen molar-refractivity contribution in [3.63, 3.8) is 0 Å². The van der Waals surface area contributed by atoms with Gasteiger partial charge in [0.05, 0.1) is 0 Å². The second-order valence-electron chi connectivity index (χ2n) is 6.42. The van der Waals surface area contributed by atoms with Gasteiger partial charge in [-0.15, -0.1) is 0 Å². The molecule has 1 aliphatic rings. The van der Waals surface area contributed by atoms with Crippen LogP contribution < -0.4 is 5.32 Å². The third-order valence-electron chi connectivity index (χ3n) is 4.61. The molecule has 0 bridgehead atoms. The number of carbonyl (C=O) groups is 2. The van der Waals surface area contributed by atoms with Gasteiger partial charge in [-0.25, -0.2) is 0 Å². The topological polar surface area (TPSA) is 46.2 Å². The first-order valence-electron chi connectivity index (χ1n) is 8.70. The highest BCUT2D eigenvalue weighted by Crippen LogP contribution is 2.20. The largest absolute Gasteiger partial charge is 0.353 e. The fourth-order valence-corrected chi connectivity index (χ4v) is 3.22. The SMILES string of the molecule is O=C(CCC(=O)c1ccc(-c2ccccc2)cc1)NC1CCCC1. The Hall–Kier alpha value is -2.42. The van der Waals surface area contributed by atoms with Crippen molar-refractivity contribution in [1.29, 1.82) is 0 Å². The van der Waals surface area contributed by atoms with Crippen LogP contribution in [0.25, 0.3) is 11.1 Å². The smallest absolute Gasteiger partial charge is 0.220 e. The van der Waals surface area contributed by atoms with Crippen molar-refractivity contribution in [3.8, 4) is 11.1 Å². The van der Waals surface area contributed by atoms with Crippen LogP contribution in [0.2, 0.25) is 0 Å². The minimum atomic E-state index is -0.00356. The number of ketones is 1. The monoisotopic (exact) mass is 321 g/mol. The molecule has 0 saturated heterocycles. The molecule has 2 aromatic carbocycles. The van der Waals surface area contributed by atoms with Crippen molar-refractivity contribution in [1.82, 2.24) is 5.32 Å². The third kappa shape index (κ3) is 4.31. The lowest BCUT2D eigenvalue weighted by Crippen LogP contribution is -2.32. The Morgan fingerprint density at radius 2 is 1.46 bits per heavy atom. The second-order valence-corrected chi connectivity index (χ2v) is 6.42. The van der Waals surface area contributed by atoms with E-state index in [1.54, 1.807) is 0 Å². The Kier molecular flexibility index (Phi) is 5.42. The standard InChI is InChI=1S/C21H23NO2/c23-20(14-15-21(24)22-19-8-4-5-9-19)18-12-10-17(11-13-18)16-6-2-1-3-7-16/h1-3,6-7,10-13,19H,4-5,8-9,14-15H2,(H,22,24). The van der Waals surface area contributed by atoms with E-state index >= 15 is 0 Å². The van der Waals surface area contributed by atoms with Gasteiger partial charge in [-0.3, -0.25) is 9.59 Å². The van der Waals surface area contributed by atoms with Crippen molar-refractivity contribution >= 4 is 11.7 Å². The molecule has 0 spiro atoms. The number of carbonyl (C=O) groups excluding carboxylic acids is 2. The number of benzene rings is 2. The first-order chi connectivity index (χ1) is 11.7. The average molecular weight is 321 g/mol. The summed E-state index contributed by atoms with van der Waals surface area (Å²) < 4.78 is 0. The molecule has 1 aliphatic carbocycles. The molecule has 1 fully saturated rings. The van der Waals surface area contributed by atoms with Crippen LogP contribution in [-0.4, -0.2) is 17.7 Å². The van der Waals surface area contributed by atoms with E-state index in [1.165, 1.54) is 12.8 Å². The zero-order valence-corrected chi connectivity index (χ0v) is 13.8. The Balaban J connectivity index is 1.52. The first-order valence-corrected chi connectivity index (χ1v) is 8.70. The van der Waals surface area contributed by atoms with Crippen molar-refractivity contribution < 1.29 is 9.59 Å². The molecule has 3 nitrogen and oxygen atoms in total. The zero-order valence-electron chi connectivity index (χ0n) is 13.8. The Bertz CT molecular complexity index is 686. The van der Waals surface area contributed by atoms with Crippen molar-refractivity contribution in [3.05, 3.63) is 60.2 Å². The minimum Gasteiger partial charge on any atom is -0.353 e. The van der Waals surface area contributed by atoms with Gasteiger partial charge in [-0.05, 0) is 24.0 Å². The van der Waals surface area contributed by atoms with Crippen LogP contribution in [0.1, 0.15) is 48.9 Å². The number of hydrogen-bond donors (Lipinski definition) is 1. The fraction of sp³-hybridized carbons (Fsp3) is 0.333. The summed E-state index contributed by atoms with van der Waals surface area (Å²) in [5.41, 5.74) is 2.89. The van der Waals surface area contributed by atoms with Gasteiger partial charge in [-0.1, -0.05) is 67.4 Å². The van der Waals surface area contributed by atoms with Gasteiger partial charge >= 0.3 is 0 Å². The molecule has 2 aromatic rings. The van der Waals surface area contributed by atoms with E-state index in [2.05, 4.69) is 5.32 Å². The highest BCUT2D eigenvalue weighted by atomic mass is 16.2. The lowest BCUT2D eigenvalue weighted by atomic mass is 10.0. The van der Waals surface area contributed by atoms with Crippen LogP contribution in [0.5, 0.6) is 0 Å². The van der Waals surface area contributed by atoms with Crippen LogP contribution in [0.15, 0.2) is 54.6 Å². The molecular weight excluding hydrogens is 298 g/mol. The summed E-state index contributed by atoms with van der Waals surface area (Å²) in [4.78, 5) is 24.2. The Labute approximate surface area is 143 Å². The van der Waals surface area contributed by atoms with E-state index in [1.807, 2.05) is 54.6 Å². The maximum absolute atomic E-state index is 12.3. The van der Waals surface area contributed by atoms with E-state index in [-0.39, 0.29) is 24.5 Å². The predicted octanol–water partition coefficient (Wildman–Crippen LogP) is 4.38. The molecule has 0 radical (unpaired) electrons. The number of hydrogen-bond acceptors (Lipinski definition) is 2. The lowest BCUT2D eigenvalue weighted by molar-refractivity contribution is -0.121. The first kappa shape index (κ1) is 16.4. The van der Waals surface area contributed by atoms with E-state index in [0.717, 1.165) is 24.0 Å². The highest BCUT2D eigenvalue weighted by molar-refractivity contribution is 5.98. The summed E-state index contributed by atoms with van der Waals surface area (Å²) in [7, 11) is 0. The average Bonchev–Trinajstić information content (AvgIpc) is 3.13. The highest BCUT2D eigenvalue weighted by Gasteiger charge is 2.17. The molecule has 0 unspecified atom stereocenters. The van der Waals surface area contributed by atoms with Gasteiger partial charge < -0.3 is 5.32 Å². The quantitative estimate of drug-likeness (QED) is 0.803. The number of Topliss-reactive ketones (excluding diaryl/α,β-unsaturated/α-hetero) is 1. The fourth-order valence-electron chi connectivity index (χ4n) is 3.22. The van der Waals surface area contributed by atoms with Crippen molar-refractivity contribution in [2.24, 2.45) is 0 Å². The van der Waals surface area contributed by atoms with Crippen LogP contribution in [0.3, 0.4) is 0 Å². The van der Waals surface area contributed by atoms with Crippen LogP contribution in [-0.2, 0) is 4.79 Å². The maximum atomic E-state index is 12.3. The molecule has 24 heavy (non-hydrogen) atoms.